The van der Waals surface area contributed by atoms with E-state index in [0.29, 0.717) is 5.56 Å². The summed E-state index contributed by atoms with van der Waals surface area (Å²) in [7, 11) is 0. The number of amides is 1. The quantitative estimate of drug-likeness (QED) is 0.765. The van der Waals surface area contributed by atoms with Gasteiger partial charge in [-0.3, -0.25) is 4.79 Å². The van der Waals surface area contributed by atoms with Crippen molar-refractivity contribution in [1.82, 2.24) is 0 Å². The molecule has 0 aliphatic rings. The molecule has 18 heavy (non-hydrogen) atoms. The Morgan fingerprint density at radius 2 is 1.67 bits per heavy atom. The first-order valence-corrected chi connectivity index (χ1v) is 5.36. The Balaban J connectivity index is 0.00000137. The van der Waals surface area contributed by atoms with Crippen molar-refractivity contribution in [2.24, 2.45) is 0 Å². The van der Waals surface area contributed by atoms with Crippen LogP contribution in [0.15, 0.2) is 12.1 Å². The normalized spacial score (nSPS) is 10.4. The standard InChI is InChI=1S/C10H9F4NO.C2H6/c1-5-3-6(2)8(7(11)4-5)15-9(16)10(12,13)14;1-2/h3-4H,1-2H3,(H,15,16);1-2H3. The average Bonchev–Trinajstić information content (AvgIpc) is 2.24. The van der Waals surface area contributed by atoms with Gasteiger partial charge in [-0.15, -0.1) is 0 Å². The number of hydrogen-bond acceptors (Lipinski definition) is 1. The summed E-state index contributed by atoms with van der Waals surface area (Å²) in [5.41, 5.74) is 0.378. The minimum absolute atomic E-state index is 0.245. The van der Waals surface area contributed by atoms with E-state index in [2.05, 4.69) is 0 Å². The van der Waals surface area contributed by atoms with Crippen molar-refractivity contribution in [2.45, 2.75) is 33.9 Å². The maximum absolute atomic E-state index is 13.3. The summed E-state index contributed by atoms with van der Waals surface area (Å²) in [5.74, 6) is -3.06. The molecule has 102 valence electrons. The van der Waals surface area contributed by atoms with Crippen LogP contribution in [0.3, 0.4) is 0 Å². The van der Waals surface area contributed by atoms with Gasteiger partial charge in [0, 0.05) is 0 Å². The Morgan fingerprint density at radius 1 is 1.17 bits per heavy atom. The third-order valence-electron chi connectivity index (χ3n) is 1.93. The Morgan fingerprint density at radius 3 is 2.06 bits per heavy atom. The van der Waals surface area contributed by atoms with Crippen LogP contribution in [0, 0.1) is 19.7 Å². The molecule has 1 N–H and O–H groups in total. The number of carbonyl (C=O) groups is 1. The number of hydrogen-bond donors (Lipinski definition) is 1. The third-order valence-corrected chi connectivity index (χ3v) is 1.93. The van der Waals surface area contributed by atoms with Gasteiger partial charge in [0.2, 0.25) is 0 Å². The second-order valence-electron chi connectivity index (χ2n) is 3.39. The molecule has 0 spiro atoms. The van der Waals surface area contributed by atoms with Gasteiger partial charge in [-0.1, -0.05) is 19.9 Å². The maximum Gasteiger partial charge on any atom is 0.471 e. The molecule has 1 aromatic rings. The van der Waals surface area contributed by atoms with Gasteiger partial charge in [-0.2, -0.15) is 13.2 Å². The van der Waals surface area contributed by atoms with Gasteiger partial charge >= 0.3 is 12.1 Å². The second kappa shape index (κ2) is 6.37. The van der Waals surface area contributed by atoms with Crippen molar-refractivity contribution in [3.8, 4) is 0 Å². The Labute approximate surface area is 103 Å². The summed E-state index contributed by atoms with van der Waals surface area (Å²) < 4.78 is 49.1. The zero-order chi connectivity index (χ0) is 14.5. The van der Waals surface area contributed by atoms with E-state index in [1.807, 2.05) is 13.8 Å². The van der Waals surface area contributed by atoms with E-state index >= 15 is 0 Å². The van der Waals surface area contributed by atoms with Crippen LogP contribution in [0.2, 0.25) is 0 Å². The predicted molar refractivity (Wildman–Crippen MR) is 61.9 cm³/mol. The van der Waals surface area contributed by atoms with Gasteiger partial charge in [0.1, 0.15) is 5.82 Å². The highest BCUT2D eigenvalue weighted by atomic mass is 19.4. The molecule has 0 aromatic heterocycles. The van der Waals surface area contributed by atoms with Crippen molar-refractivity contribution in [3.05, 3.63) is 29.1 Å². The van der Waals surface area contributed by atoms with Crippen molar-refractivity contribution >= 4 is 11.6 Å². The molecule has 1 amide bonds. The SMILES string of the molecule is CC.Cc1cc(C)c(NC(=O)C(F)(F)F)c(F)c1. The molecular formula is C12H15F4NO. The van der Waals surface area contributed by atoms with Gasteiger partial charge in [-0.05, 0) is 31.0 Å². The van der Waals surface area contributed by atoms with Crippen molar-refractivity contribution in [1.29, 1.82) is 0 Å². The van der Waals surface area contributed by atoms with Crippen molar-refractivity contribution in [2.75, 3.05) is 5.32 Å². The van der Waals surface area contributed by atoms with Crippen LogP contribution in [0.1, 0.15) is 25.0 Å². The van der Waals surface area contributed by atoms with Gasteiger partial charge in [0.05, 0.1) is 5.69 Å². The predicted octanol–water partition coefficient (Wildman–Crippen LogP) is 3.97. The first-order chi connectivity index (χ1) is 8.21. The molecule has 0 aliphatic carbocycles. The maximum atomic E-state index is 13.3. The second-order valence-corrected chi connectivity index (χ2v) is 3.39. The fourth-order valence-electron chi connectivity index (χ4n) is 1.26. The molecule has 0 atom stereocenters. The molecule has 1 rings (SSSR count). The zero-order valence-electron chi connectivity index (χ0n) is 10.6. The smallest absolute Gasteiger partial charge is 0.315 e. The van der Waals surface area contributed by atoms with Crippen LogP contribution in [0.5, 0.6) is 0 Å². The van der Waals surface area contributed by atoms with E-state index in [0.717, 1.165) is 6.07 Å². The Kier molecular flexibility index (Phi) is 5.81. The summed E-state index contributed by atoms with van der Waals surface area (Å²) in [6.45, 7) is 7.02. The van der Waals surface area contributed by atoms with Crippen molar-refractivity contribution < 1.29 is 22.4 Å². The number of anilines is 1. The van der Waals surface area contributed by atoms with E-state index in [1.54, 1.807) is 6.92 Å². The lowest BCUT2D eigenvalue weighted by atomic mass is 10.1. The zero-order valence-corrected chi connectivity index (χ0v) is 10.6. The average molecular weight is 265 g/mol. The largest absolute Gasteiger partial charge is 0.471 e. The van der Waals surface area contributed by atoms with E-state index in [-0.39, 0.29) is 5.56 Å². The van der Waals surface area contributed by atoms with E-state index in [4.69, 9.17) is 0 Å². The first-order valence-electron chi connectivity index (χ1n) is 5.36. The summed E-state index contributed by atoms with van der Waals surface area (Å²) in [4.78, 5) is 10.6. The molecule has 0 radical (unpaired) electrons. The van der Waals surface area contributed by atoms with Gasteiger partial charge in [0.25, 0.3) is 0 Å². The molecular weight excluding hydrogens is 250 g/mol. The van der Waals surface area contributed by atoms with Crippen LogP contribution in [0.4, 0.5) is 23.2 Å². The Hall–Kier alpha value is -1.59. The fraction of sp³-hybridized carbons (Fsp3) is 0.417. The Bertz CT molecular complexity index is 404. The fourth-order valence-corrected chi connectivity index (χ4v) is 1.26. The summed E-state index contributed by atoms with van der Waals surface area (Å²) >= 11 is 0. The van der Waals surface area contributed by atoms with Gasteiger partial charge in [-0.25, -0.2) is 4.39 Å². The number of rotatable bonds is 1. The van der Waals surface area contributed by atoms with E-state index in [9.17, 15) is 22.4 Å². The number of nitrogens with one attached hydrogen (secondary N) is 1. The summed E-state index contributed by atoms with van der Waals surface area (Å²) in [6, 6.07) is 2.54. The number of benzene rings is 1. The van der Waals surface area contributed by atoms with E-state index < -0.39 is 23.6 Å². The number of carbonyl (C=O) groups excluding carboxylic acids is 1. The molecule has 2 nitrogen and oxygen atoms in total. The lowest BCUT2D eigenvalue weighted by Crippen LogP contribution is -2.30. The number of halogens is 4. The lowest BCUT2D eigenvalue weighted by Gasteiger charge is -2.11. The molecule has 0 unspecified atom stereocenters. The molecule has 1 aromatic carbocycles. The lowest BCUT2D eigenvalue weighted by molar-refractivity contribution is -0.167. The van der Waals surface area contributed by atoms with Crippen LogP contribution in [-0.2, 0) is 4.79 Å². The minimum Gasteiger partial charge on any atom is -0.315 e. The monoisotopic (exact) mass is 265 g/mol. The first kappa shape index (κ1) is 16.4. The highest BCUT2D eigenvalue weighted by Crippen LogP contribution is 2.24. The van der Waals surface area contributed by atoms with Crippen LogP contribution < -0.4 is 5.32 Å². The molecule has 6 heteroatoms. The topological polar surface area (TPSA) is 29.1 Å². The molecule has 0 bridgehead atoms. The minimum atomic E-state index is -5.02. The molecule has 0 saturated heterocycles. The van der Waals surface area contributed by atoms with Crippen molar-refractivity contribution in [3.63, 3.8) is 0 Å². The van der Waals surface area contributed by atoms with Crippen LogP contribution in [-0.4, -0.2) is 12.1 Å². The third kappa shape index (κ3) is 4.35. The van der Waals surface area contributed by atoms with Gasteiger partial charge < -0.3 is 5.32 Å². The molecule has 0 heterocycles. The summed E-state index contributed by atoms with van der Waals surface area (Å²) in [6.07, 6.45) is -5.02. The van der Waals surface area contributed by atoms with E-state index in [1.165, 1.54) is 18.3 Å². The highest BCUT2D eigenvalue weighted by Gasteiger charge is 2.39. The number of alkyl halides is 3. The van der Waals surface area contributed by atoms with Crippen LogP contribution >= 0.6 is 0 Å². The molecule has 0 fully saturated rings. The van der Waals surface area contributed by atoms with Crippen LogP contribution in [0.25, 0.3) is 0 Å². The molecule has 0 aliphatic heterocycles. The highest BCUT2D eigenvalue weighted by molar-refractivity contribution is 5.95. The van der Waals surface area contributed by atoms with Gasteiger partial charge in [0.15, 0.2) is 0 Å². The number of aryl methyl sites for hydroxylation is 2. The molecule has 0 saturated carbocycles. The summed E-state index contributed by atoms with van der Waals surface area (Å²) in [5, 5.41) is 1.51.